The van der Waals surface area contributed by atoms with Crippen molar-refractivity contribution >= 4 is 17.3 Å². The lowest BCUT2D eigenvalue weighted by Gasteiger charge is -2.02. The van der Waals surface area contributed by atoms with Gasteiger partial charge in [-0.25, -0.2) is 4.79 Å². The van der Waals surface area contributed by atoms with E-state index in [1.807, 2.05) is 0 Å². The molecule has 76 valence electrons. The molecule has 0 unspecified atom stereocenters. The second-order valence-electron chi connectivity index (χ2n) is 3.37. The highest BCUT2D eigenvalue weighted by Crippen LogP contribution is 2.32. The lowest BCUT2D eigenvalue weighted by atomic mass is 10.1. The third-order valence-electron chi connectivity index (χ3n) is 2.55. The third-order valence-corrected chi connectivity index (χ3v) is 2.55. The quantitative estimate of drug-likeness (QED) is 0.652. The average Bonchev–Trinajstić information content (AvgIpc) is 2.52. The van der Waals surface area contributed by atoms with E-state index in [9.17, 15) is 9.59 Å². The Labute approximate surface area is 87.4 Å². The summed E-state index contributed by atoms with van der Waals surface area (Å²) in [6.07, 6.45) is 0. The number of ketones is 1. The van der Waals surface area contributed by atoms with Crippen molar-refractivity contribution < 1.29 is 14.3 Å². The Morgan fingerprint density at radius 1 is 1.20 bits per heavy atom. The predicted octanol–water partition coefficient (Wildman–Crippen LogP) is 1.83. The van der Waals surface area contributed by atoms with Gasteiger partial charge in [0.15, 0.2) is 5.78 Å². The molecule has 0 radical (unpaired) electrons. The number of allylic oxidation sites excluding steroid dienone is 1. The Hall–Kier alpha value is -1.90. The molecule has 0 atom stereocenters. The molecule has 0 saturated carbocycles. The highest BCUT2D eigenvalue weighted by atomic mass is 16.5. The van der Waals surface area contributed by atoms with Gasteiger partial charge in [-0.2, -0.15) is 0 Å². The number of methoxy groups -OCH3 is 1. The van der Waals surface area contributed by atoms with E-state index in [-0.39, 0.29) is 5.78 Å². The Morgan fingerprint density at radius 3 is 2.40 bits per heavy atom. The van der Waals surface area contributed by atoms with Crippen molar-refractivity contribution in [2.75, 3.05) is 7.11 Å². The zero-order valence-corrected chi connectivity index (χ0v) is 8.53. The van der Waals surface area contributed by atoms with Crippen LogP contribution in [-0.2, 0) is 9.53 Å². The maximum Gasteiger partial charge on any atom is 0.338 e. The highest BCUT2D eigenvalue weighted by molar-refractivity contribution is 6.33. The minimum Gasteiger partial charge on any atom is -0.465 e. The van der Waals surface area contributed by atoms with Gasteiger partial charge in [0.2, 0.25) is 0 Å². The van der Waals surface area contributed by atoms with Crippen LogP contribution in [0.2, 0.25) is 0 Å². The summed E-state index contributed by atoms with van der Waals surface area (Å²) in [6, 6.07) is 7.06. The number of fused-ring (bicyclic) bond motifs is 1. The predicted molar refractivity (Wildman–Crippen MR) is 55.4 cm³/mol. The molecule has 1 aromatic rings. The number of rotatable bonds is 1. The Morgan fingerprint density at radius 2 is 1.80 bits per heavy atom. The van der Waals surface area contributed by atoms with E-state index in [1.165, 1.54) is 7.11 Å². The second-order valence-corrected chi connectivity index (χ2v) is 3.37. The van der Waals surface area contributed by atoms with Gasteiger partial charge in [0, 0.05) is 16.7 Å². The van der Waals surface area contributed by atoms with E-state index in [4.69, 9.17) is 0 Å². The fourth-order valence-corrected chi connectivity index (χ4v) is 1.78. The molecule has 1 aliphatic carbocycles. The van der Waals surface area contributed by atoms with Gasteiger partial charge in [0.25, 0.3) is 0 Å². The van der Waals surface area contributed by atoms with Crippen molar-refractivity contribution in [3.63, 3.8) is 0 Å². The molecule has 1 aliphatic rings. The number of carbonyl (C=O) groups excluding carboxylic acids is 2. The van der Waals surface area contributed by atoms with Gasteiger partial charge in [-0.15, -0.1) is 0 Å². The lowest BCUT2D eigenvalue weighted by molar-refractivity contribution is -0.133. The van der Waals surface area contributed by atoms with Crippen LogP contribution in [0, 0.1) is 0 Å². The molecule has 0 aliphatic heterocycles. The minimum absolute atomic E-state index is 0.0917. The maximum atomic E-state index is 11.8. The van der Waals surface area contributed by atoms with Crippen molar-refractivity contribution in [1.29, 1.82) is 0 Å². The van der Waals surface area contributed by atoms with Crippen LogP contribution in [-0.4, -0.2) is 18.9 Å². The zero-order valence-electron chi connectivity index (χ0n) is 8.53. The lowest BCUT2D eigenvalue weighted by Crippen LogP contribution is -2.03. The van der Waals surface area contributed by atoms with Crippen LogP contribution in [0.15, 0.2) is 29.8 Å². The standard InChI is InChI=1S/C12H10O3/c1-7-10(12(14)15-2)8-5-3-4-6-9(8)11(7)13/h3-6H,1-2H3. The highest BCUT2D eigenvalue weighted by Gasteiger charge is 2.30. The largest absolute Gasteiger partial charge is 0.465 e. The molecule has 1 aromatic carbocycles. The zero-order chi connectivity index (χ0) is 11.0. The first-order valence-electron chi connectivity index (χ1n) is 4.60. The fraction of sp³-hybridized carbons (Fsp3) is 0.167. The number of hydrogen-bond donors (Lipinski definition) is 0. The van der Waals surface area contributed by atoms with E-state index in [0.29, 0.717) is 22.3 Å². The van der Waals surface area contributed by atoms with Gasteiger partial charge in [-0.3, -0.25) is 4.79 Å². The van der Waals surface area contributed by atoms with Crippen molar-refractivity contribution in [2.45, 2.75) is 6.92 Å². The van der Waals surface area contributed by atoms with Crippen LogP contribution in [0.1, 0.15) is 22.8 Å². The molecular formula is C12H10O3. The van der Waals surface area contributed by atoms with E-state index in [1.54, 1.807) is 31.2 Å². The van der Waals surface area contributed by atoms with E-state index in [2.05, 4.69) is 4.74 Å². The normalized spacial score (nSPS) is 14.1. The summed E-state index contributed by atoms with van der Waals surface area (Å²) in [5.74, 6) is -0.545. The molecule has 0 saturated heterocycles. The first-order chi connectivity index (χ1) is 7.16. The van der Waals surface area contributed by atoms with Gasteiger partial charge in [-0.1, -0.05) is 24.3 Å². The van der Waals surface area contributed by atoms with Gasteiger partial charge < -0.3 is 4.74 Å². The first-order valence-corrected chi connectivity index (χ1v) is 4.60. The van der Waals surface area contributed by atoms with E-state index >= 15 is 0 Å². The van der Waals surface area contributed by atoms with Gasteiger partial charge in [-0.05, 0) is 6.92 Å². The molecule has 2 rings (SSSR count). The van der Waals surface area contributed by atoms with Crippen LogP contribution >= 0.6 is 0 Å². The van der Waals surface area contributed by atoms with Gasteiger partial charge in [0.05, 0.1) is 12.7 Å². The van der Waals surface area contributed by atoms with Crippen LogP contribution < -0.4 is 0 Å². The van der Waals surface area contributed by atoms with Crippen molar-refractivity contribution in [2.24, 2.45) is 0 Å². The summed E-state index contributed by atoms with van der Waals surface area (Å²) in [6.45, 7) is 1.65. The Balaban J connectivity index is 2.64. The molecule has 3 nitrogen and oxygen atoms in total. The van der Waals surface area contributed by atoms with Crippen LogP contribution in [0.3, 0.4) is 0 Å². The van der Waals surface area contributed by atoms with Crippen molar-refractivity contribution in [3.8, 4) is 0 Å². The number of benzene rings is 1. The first kappa shape index (κ1) is 9.65. The van der Waals surface area contributed by atoms with Crippen molar-refractivity contribution in [1.82, 2.24) is 0 Å². The smallest absolute Gasteiger partial charge is 0.338 e. The van der Waals surface area contributed by atoms with Crippen LogP contribution in [0.5, 0.6) is 0 Å². The van der Waals surface area contributed by atoms with Gasteiger partial charge >= 0.3 is 5.97 Å². The Bertz CT molecular complexity index is 483. The summed E-state index contributed by atoms with van der Waals surface area (Å²) in [7, 11) is 1.31. The molecule has 0 bridgehead atoms. The van der Waals surface area contributed by atoms with Crippen LogP contribution in [0.25, 0.3) is 5.57 Å². The minimum atomic E-state index is -0.453. The van der Waals surface area contributed by atoms with Gasteiger partial charge in [0.1, 0.15) is 0 Å². The molecule has 0 heterocycles. The number of hydrogen-bond acceptors (Lipinski definition) is 3. The maximum absolute atomic E-state index is 11.8. The number of ether oxygens (including phenoxy) is 1. The van der Waals surface area contributed by atoms with Crippen molar-refractivity contribution in [3.05, 3.63) is 41.0 Å². The molecule has 15 heavy (non-hydrogen) atoms. The van der Waals surface area contributed by atoms with Crippen LogP contribution in [0.4, 0.5) is 0 Å². The van der Waals surface area contributed by atoms with E-state index < -0.39 is 5.97 Å². The summed E-state index contributed by atoms with van der Waals surface area (Å²) in [5.41, 5.74) is 2.10. The van der Waals surface area contributed by atoms with E-state index in [0.717, 1.165) is 0 Å². The Kier molecular flexibility index (Phi) is 2.15. The number of esters is 1. The summed E-state index contributed by atoms with van der Waals surface area (Å²) in [4.78, 5) is 23.3. The average molecular weight is 202 g/mol. The summed E-state index contributed by atoms with van der Waals surface area (Å²) in [5, 5.41) is 0. The molecule has 0 aromatic heterocycles. The topological polar surface area (TPSA) is 43.4 Å². The molecule has 0 spiro atoms. The number of Topliss-reactive ketones (excluding diaryl/α,β-unsaturated/α-hetero) is 1. The molecular weight excluding hydrogens is 192 g/mol. The summed E-state index contributed by atoms with van der Waals surface area (Å²) >= 11 is 0. The second kappa shape index (κ2) is 3.35. The monoisotopic (exact) mass is 202 g/mol. The third kappa shape index (κ3) is 1.28. The SMILES string of the molecule is COC(=O)C1=C(C)C(=O)c2ccccc21. The molecule has 0 N–H and O–H groups in total. The number of carbonyl (C=O) groups is 2. The molecule has 0 amide bonds. The summed E-state index contributed by atoms with van der Waals surface area (Å²) < 4.78 is 4.66. The molecule has 3 heteroatoms. The molecule has 0 fully saturated rings. The fourth-order valence-electron chi connectivity index (χ4n) is 1.78.